The summed E-state index contributed by atoms with van der Waals surface area (Å²) < 4.78 is 27.4. The molecule has 1 rings (SSSR count). The Balaban J connectivity index is 2.61. The summed E-state index contributed by atoms with van der Waals surface area (Å²) in [5, 5.41) is -0.654. The number of hydrogen-bond acceptors (Lipinski definition) is 4. The van der Waals surface area contributed by atoms with Gasteiger partial charge in [-0.05, 0) is 25.5 Å². The lowest BCUT2D eigenvalue weighted by Gasteiger charge is -2.10. The van der Waals surface area contributed by atoms with Gasteiger partial charge in [-0.15, -0.1) is 4.28 Å². The van der Waals surface area contributed by atoms with Crippen molar-refractivity contribution in [2.24, 2.45) is 0 Å². The number of hydroxylamine groups is 1. The van der Waals surface area contributed by atoms with Gasteiger partial charge in [0.1, 0.15) is 0 Å². The minimum Gasteiger partial charge on any atom is -0.267 e. The molecule has 0 spiro atoms. The summed E-state index contributed by atoms with van der Waals surface area (Å²) in [5.74, 6) is -0.586. The first-order valence-corrected chi connectivity index (χ1v) is 6.72. The van der Waals surface area contributed by atoms with Crippen LogP contribution in [0.5, 0.6) is 0 Å². The zero-order chi connectivity index (χ0) is 12.9. The Morgan fingerprint density at radius 2 is 1.94 bits per heavy atom. The molecule has 94 valence electrons. The molecule has 0 aliphatic heterocycles. The normalized spacial score (nSPS) is 13.1. The smallest absolute Gasteiger partial charge is 0.267 e. The standard InChI is InChI=1S/C11H15NO4S/c1-3-9(2)17(14,15)16-12-11(13)10-7-5-4-6-8-10/h4-9H,3H2,1-2H3,(H,12,13). The first kappa shape index (κ1) is 13.7. The fraction of sp³-hybridized carbons (Fsp3) is 0.364. The number of carbonyl (C=O) groups is 1. The number of rotatable bonds is 5. The molecule has 0 heterocycles. The Morgan fingerprint density at radius 1 is 1.35 bits per heavy atom. The van der Waals surface area contributed by atoms with Crippen molar-refractivity contribution in [1.29, 1.82) is 0 Å². The summed E-state index contributed by atoms with van der Waals surface area (Å²) in [6.45, 7) is 3.24. The number of benzene rings is 1. The summed E-state index contributed by atoms with van der Waals surface area (Å²) in [5.41, 5.74) is 2.27. The van der Waals surface area contributed by atoms with Gasteiger partial charge >= 0.3 is 0 Å². The van der Waals surface area contributed by atoms with Gasteiger partial charge in [0.15, 0.2) is 0 Å². The quantitative estimate of drug-likeness (QED) is 0.811. The molecular weight excluding hydrogens is 242 g/mol. The van der Waals surface area contributed by atoms with Crippen molar-refractivity contribution in [3.8, 4) is 0 Å². The Morgan fingerprint density at radius 3 is 2.47 bits per heavy atom. The van der Waals surface area contributed by atoms with Crippen molar-refractivity contribution >= 4 is 16.0 Å². The van der Waals surface area contributed by atoms with E-state index in [2.05, 4.69) is 4.28 Å². The number of carbonyl (C=O) groups excluding carboxylic acids is 1. The van der Waals surface area contributed by atoms with Gasteiger partial charge in [0, 0.05) is 5.56 Å². The number of nitrogens with one attached hydrogen (secondary N) is 1. The maximum atomic E-state index is 11.5. The average molecular weight is 257 g/mol. The third-order valence-electron chi connectivity index (χ3n) is 2.35. The Kier molecular flexibility index (Phi) is 4.65. The molecule has 1 atom stereocenters. The van der Waals surface area contributed by atoms with Gasteiger partial charge in [-0.25, -0.2) is 5.48 Å². The van der Waals surface area contributed by atoms with Crippen molar-refractivity contribution in [3.05, 3.63) is 35.9 Å². The van der Waals surface area contributed by atoms with E-state index < -0.39 is 21.3 Å². The first-order valence-electron chi connectivity index (χ1n) is 5.25. The molecule has 1 aromatic carbocycles. The molecule has 17 heavy (non-hydrogen) atoms. The van der Waals surface area contributed by atoms with Crippen molar-refractivity contribution in [2.45, 2.75) is 25.5 Å². The molecule has 0 saturated carbocycles. The second kappa shape index (κ2) is 5.79. The van der Waals surface area contributed by atoms with Gasteiger partial charge in [0.25, 0.3) is 16.0 Å². The molecule has 1 aromatic rings. The van der Waals surface area contributed by atoms with Crippen LogP contribution in [-0.4, -0.2) is 19.6 Å². The average Bonchev–Trinajstić information content (AvgIpc) is 2.36. The molecular formula is C11H15NO4S. The lowest BCUT2D eigenvalue weighted by molar-refractivity contribution is 0.0768. The fourth-order valence-corrected chi connectivity index (χ4v) is 1.79. The highest BCUT2D eigenvalue weighted by Gasteiger charge is 2.21. The highest BCUT2D eigenvalue weighted by atomic mass is 32.2. The Bertz CT molecular complexity index is 470. The van der Waals surface area contributed by atoms with Crippen LogP contribution in [0, 0.1) is 0 Å². The van der Waals surface area contributed by atoms with Crippen LogP contribution in [-0.2, 0) is 14.4 Å². The summed E-state index contributed by atoms with van der Waals surface area (Å²) in [6, 6.07) is 8.24. The van der Waals surface area contributed by atoms with Gasteiger partial charge in [0.05, 0.1) is 5.25 Å². The van der Waals surface area contributed by atoms with Gasteiger partial charge < -0.3 is 0 Å². The maximum Gasteiger partial charge on any atom is 0.290 e. The monoisotopic (exact) mass is 257 g/mol. The van der Waals surface area contributed by atoms with Crippen LogP contribution in [0.1, 0.15) is 30.6 Å². The molecule has 0 aliphatic rings. The molecule has 6 heteroatoms. The van der Waals surface area contributed by atoms with E-state index in [1.165, 1.54) is 6.92 Å². The van der Waals surface area contributed by atoms with Crippen LogP contribution in [0.25, 0.3) is 0 Å². The summed E-state index contributed by atoms with van der Waals surface area (Å²) in [4.78, 5) is 11.5. The van der Waals surface area contributed by atoms with E-state index in [1.807, 2.05) is 5.48 Å². The lowest BCUT2D eigenvalue weighted by atomic mass is 10.2. The zero-order valence-electron chi connectivity index (χ0n) is 9.71. The molecule has 0 aliphatic carbocycles. The zero-order valence-corrected chi connectivity index (χ0v) is 10.5. The van der Waals surface area contributed by atoms with E-state index in [0.29, 0.717) is 12.0 Å². The second-order valence-electron chi connectivity index (χ2n) is 3.59. The van der Waals surface area contributed by atoms with E-state index in [4.69, 9.17) is 0 Å². The van der Waals surface area contributed by atoms with Gasteiger partial charge in [-0.2, -0.15) is 8.42 Å². The summed E-state index contributed by atoms with van der Waals surface area (Å²) in [7, 11) is -3.75. The highest BCUT2D eigenvalue weighted by molar-refractivity contribution is 7.87. The predicted octanol–water partition coefficient (Wildman–Crippen LogP) is 1.48. The highest BCUT2D eigenvalue weighted by Crippen LogP contribution is 2.06. The SMILES string of the molecule is CCC(C)S(=O)(=O)ONC(=O)c1ccccc1. The van der Waals surface area contributed by atoms with Gasteiger partial charge in [0.2, 0.25) is 0 Å². The van der Waals surface area contributed by atoms with Gasteiger partial charge in [-0.3, -0.25) is 4.79 Å². The van der Waals surface area contributed by atoms with E-state index in [-0.39, 0.29) is 0 Å². The van der Waals surface area contributed by atoms with Crippen LogP contribution in [0.3, 0.4) is 0 Å². The van der Waals surface area contributed by atoms with Crippen LogP contribution in [0.4, 0.5) is 0 Å². The molecule has 1 N–H and O–H groups in total. The summed E-state index contributed by atoms with van der Waals surface area (Å²) in [6.07, 6.45) is 0.420. The van der Waals surface area contributed by atoms with Crippen molar-refractivity contribution < 1.29 is 17.5 Å². The van der Waals surface area contributed by atoms with Crippen LogP contribution >= 0.6 is 0 Å². The second-order valence-corrected chi connectivity index (χ2v) is 5.55. The Labute approximate surface area is 101 Å². The van der Waals surface area contributed by atoms with E-state index >= 15 is 0 Å². The predicted molar refractivity (Wildman–Crippen MR) is 63.7 cm³/mol. The number of hydrogen-bond donors (Lipinski definition) is 1. The minimum atomic E-state index is -3.75. The first-order chi connectivity index (χ1) is 7.97. The van der Waals surface area contributed by atoms with Crippen molar-refractivity contribution in [3.63, 3.8) is 0 Å². The van der Waals surface area contributed by atoms with Crippen molar-refractivity contribution in [1.82, 2.24) is 5.48 Å². The third kappa shape index (κ3) is 3.83. The minimum absolute atomic E-state index is 0.340. The van der Waals surface area contributed by atoms with E-state index in [9.17, 15) is 13.2 Å². The van der Waals surface area contributed by atoms with E-state index in [1.54, 1.807) is 37.3 Å². The number of amides is 1. The molecule has 0 aromatic heterocycles. The van der Waals surface area contributed by atoms with Crippen LogP contribution in [0.15, 0.2) is 30.3 Å². The van der Waals surface area contributed by atoms with Crippen LogP contribution < -0.4 is 5.48 Å². The molecule has 1 unspecified atom stereocenters. The molecule has 1 amide bonds. The molecule has 0 fully saturated rings. The molecule has 5 nitrogen and oxygen atoms in total. The van der Waals surface area contributed by atoms with E-state index in [0.717, 1.165) is 0 Å². The maximum absolute atomic E-state index is 11.5. The summed E-state index contributed by atoms with van der Waals surface area (Å²) >= 11 is 0. The van der Waals surface area contributed by atoms with Crippen molar-refractivity contribution in [2.75, 3.05) is 0 Å². The van der Waals surface area contributed by atoms with Crippen LogP contribution in [0.2, 0.25) is 0 Å². The Hall–Kier alpha value is -1.40. The largest absolute Gasteiger partial charge is 0.290 e. The molecule has 0 saturated heterocycles. The fourth-order valence-electron chi connectivity index (χ4n) is 1.03. The molecule has 0 bridgehead atoms. The lowest BCUT2D eigenvalue weighted by Crippen LogP contribution is -2.31. The third-order valence-corrected chi connectivity index (χ3v) is 3.99. The van der Waals surface area contributed by atoms with Gasteiger partial charge in [-0.1, -0.05) is 25.1 Å². The topological polar surface area (TPSA) is 72.5 Å². The molecule has 0 radical (unpaired) electrons.